The molecule has 0 radical (unpaired) electrons. The average molecular weight is 277 g/mol. The summed E-state index contributed by atoms with van der Waals surface area (Å²) in [4.78, 5) is 6.71. The molecule has 0 saturated carbocycles. The Morgan fingerprint density at radius 2 is 1.81 bits per heavy atom. The molecule has 1 fully saturated rings. The lowest BCUT2D eigenvalue weighted by molar-refractivity contribution is 0.578. The molecule has 1 saturated heterocycles. The molecule has 0 bridgehead atoms. The highest BCUT2D eigenvalue weighted by Gasteiger charge is 2.12. The lowest BCUT2D eigenvalue weighted by Crippen LogP contribution is -2.29. The van der Waals surface area contributed by atoms with E-state index in [1.54, 1.807) is 0 Å². The monoisotopic (exact) mass is 277 g/mol. The second-order valence-corrected chi connectivity index (χ2v) is 5.69. The molecular weight excluding hydrogens is 258 g/mol. The van der Waals surface area contributed by atoms with Gasteiger partial charge in [0, 0.05) is 36.6 Å². The van der Waals surface area contributed by atoms with Crippen molar-refractivity contribution in [3.8, 4) is 5.69 Å². The molecule has 3 aromatic rings. The SMILES string of the molecule is c1cncc(-n2ccc3cc(N4CCCCC4)ccc32)c1. The number of anilines is 1. The van der Waals surface area contributed by atoms with Crippen molar-refractivity contribution >= 4 is 16.6 Å². The number of rotatable bonds is 2. The standard InChI is InChI=1S/C18H19N3/c1-2-10-20(11-3-1)16-6-7-18-15(13-16)8-12-21(18)17-5-4-9-19-14-17/h4-9,12-14H,1-3,10-11H2. The van der Waals surface area contributed by atoms with Gasteiger partial charge in [-0.1, -0.05) is 0 Å². The van der Waals surface area contributed by atoms with E-state index in [9.17, 15) is 0 Å². The lowest BCUT2D eigenvalue weighted by atomic mass is 10.1. The van der Waals surface area contributed by atoms with Gasteiger partial charge >= 0.3 is 0 Å². The highest BCUT2D eigenvalue weighted by molar-refractivity contribution is 5.85. The van der Waals surface area contributed by atoms with Crippen molar-refractivity contribution in [1.82, 2.24) is 9.55 Å². The van der Waals surface area contributed by atoms with Crippen LogP contribution in [-0.2, 0) is 0 Å². The van der Waals surface area contributed by atoms with Gasteiger partial charge in [-0.15, -0.1) is 0 Å². The largest absolute Gasteiger partial charge is 0.372 e. The molecule has 1 aliphatic heterocycles. The number of nitrogens with zero attached hydrogens (tertiary/aromatic N) is 3. The summed E-state index contributed by atoms with van der Waals surface area (Å²) in [6.07, 6.45) is 9.84. The highest BCUT2D eigenvalue weighted by atomic mass is 15.1. The number of piperidine rings is 1. The summed E-state index contributed by atoms with van der Waals surface area (Å²) in [5.41, 5.74) is 3.70. The average Bonchev–Trinajstić information content (AvgIpc) is 2.99. The molecule has 3 heteroatoms. The summed E-state index contributed by atoms with van der Waals surface area (Å²) < 4.78 is 2.20. The molecule has 0 unspecified atom stereocenters. The molecule has 0 N–H and O–H groups in total. The molecule has 106 valence electrons. The Morgan fingerprint density at radius 3 is 2.62 bits per heavy atom. The zero-order valence-electron chi connectivity index (χ0n) is 12.1. The Hall–Kier alpha value is -2.29. The molecular formula is C18H19N3. The quantitative estimate of drug-likeness (QED) is 0.705. The first-order valence-electron chi connectivity index (χ1n) is 7.68. The fraction of sp³-hybridized carbons (Fsp3) is 0.278. The van der Waals surface area contributed by atoms with Crippen molar-refractivity contribution in [3.05, 3.63) is 55.0 Å². The van der Waals surface area contributed by atoms with Crippen LogP contribution in [0.1, 0.15) is 19.3 Å². The van der Waals surface area contributed by atoms with Crippen molar-refractivity contribution in [3.63, 3.8) is 0 Å². The minimum atomic E-state index is 1.11. The van der Waals surface area contributed by atoms with Crippen LogP contribution < -0.4 is 4.90 Å². The van der Waals surface area contributed by atoms with Gasteiger partial charge < -0.3 is 9.47 Å². The fourth-order valence-electron chi connectivity index (χ4n) is 3.20. The van der Waals surface area contributed by atoms with E-state index in [1.807, 2.05) is 18.5 Å². The summed E-state index contributed by atoms with van der Waals surface area (Å²) in [6, 6.07) is 13.0. The predicted octanol–water partition coefficient (Wildman–Crippen LogP) is 4.02. The van der Waals surface area contributed by atoms with Crippen molar-refractivity contribution in [2.24, 2.45) is 0 Å². The molecule has 1 aromatic carbocycles. The normalized spacial score (nSPS) is 15.5. The number of pyridine rings is 1. The second kappa shape index (κ2) is 5.24. The van der Waals surface area contributed by atoms with E-state index in [0.717, 1.165) is 5.69 Å². The van der Waals surface area contributed by atoms with Gasteiger partial charge in [-0.3, -0.25) is 4.98 Å². The summed E-state index contributed by atoms with van der Waals surface area (Å²) in [5.74, 6) is 0. The highest BCUT2D eigenvalue weighted by Crippen LogP contribution is 2.27. The summed E-state index contributed by atoms with van der Waals surface area (Å²) >= 11 is 0. The maximum atomic E-state index is 4.21. The van der Waals surface area contributed by atoms with Gasteiger partial charge in [0.25, 0.3) is 0 Å². The topological polar surface area (TPSA) is 21.1 Å². The summed E-state index contributed by atoms with van der Waals surface area (Å²) in [7, 11) is 0. The van der Waals surface area contributed by atoms with Crippen molar-refractivity contribution < 1.29 is 0 Å². The molecule has 2 aromatic heterocycles. The molecule has 3 nitrogen and oxygen atoms in total. The minimum Gasteiger partial charge on any atom is -0.372 e. The Balaban J connectivity index is 1.74. The van der Waals surface area contributed by atoms with Gasteiger partial charge in [-0.05, 0) is 55.7 Å². The Bertz CT molecular complexity index is 740. The first kappa shape index (κ1) is 12.5. The number of hydrogen-bond donors (Lipinski definition) is 0. The Labute approximate surface area is 124 Å². The van der Waals surface area contributed by atoms with E-state index < -0.39 is 0 Å². The number of aromatic nitrogens is 2. The van der Waals surface area contributed by atoms with Crippen LogP contribution in [0.4, 0.5) is 5.69 Å². The van der Waals surface area contributed by atoms with Gasteiger partial charge in [0.1, 0.15) is 0 Å². The molecule has 21 heavy (non-hydrogen) atoms. The third-order valence-corrected chi connectivity index (χ3v) is 4.32. The van der Waals surface area contributed by atoms with Crippen LogP contribution in [0.2, 0.25) is 0 Å². The van der Waals surface area contributed by atoms with Crippen LogP contribution in [0, 0.1) is 0 Å². The number of fused-ring (bicyclic) bond motifs is 1. The van der Waals surface area contributed by atoms with Crippen molar-refractivity contribution in [2.45, 2.75) is 19.3 Å². The second-order valence-electron chi connectivity index (χ2n) is 5.69. The first-order valence-corrected chi connectivity index (χ1v) is 7.68. The Morgan fingerprint density at radius 1 is 0.905 bits per heavy atom. The maximum absolute atomic E-state index is 4.21. The van der Waals surface area contributed by atoms with Crippen molar-refractivity contribution in [2.75, 3.05) is 18.0 Å². The lowest BCUT2D eigenvalue weighted by Gasteiger charge is -2.28. The maximum Gasteiger partial charge on any atom is 0.0639 e. The van der Waals surface area contributed by atoms with E-state index >= 15 is 0 Å². The van der Waals surface area contributed by atoms with Crippen LogP contribution in [0.5, 0.6) is 0 Å². The molecule has 1 aliphatic rings. The fourth-order valence-corrected chi connectivity index (χ4v) is 3.20. The smallest absolute Gasteiger partial charge is 0.0639 e. The molecule has 3 heterocycles. The molecule has 0 spiro atoms. The summed E-state index contributed by atoms with van der Waals surface area (Å²) in [6.45, 7) is 2.38. The van der Waals surface area contributed by atoms with E-state index in [0.29, 0.717) is 0 Å². The Kier molecular flexibility index (Phi) is 3.11. The van der Waals surface area contributed by atoms with Crippen LogP contribution >= 0.6 is 0 Å². The molecule has 0 atom stereocenters. The molecule has 0 aliphatic carbocycles. The van der Waals surface area contributed by atoms with E-state index in [4.69, 9.17) is 0 Å². The van der Waals surface area contributed by atoms with Crippen LogP contribution in [0.3, 0.4) is 0 Å². The van der Waals surface area contributed by atoms with Gasteiger partial charge in [0.2, 0.25) is 0 Å². The zero-order valence-corrected chi connectivity index (χ0v) is 12.1. The zero-order chi connectivity index (χ0) is 14.1. The van der Waals surface area contributed by atoms with E-state index in [2.05, 4.69) is 51.0 Å². The predicted molar refractivity (Wildman–Crippen MR) is 87.1 cm³/mol. The van der Waals surface area contributed by atoms with Gasteiger partial charge in [0.15, 0.2) is 0 Å². The third-order valence-electron chi connectivity index (χ3n) is 4.32. The van der Waals surface area contributed by atoms with Crippen LogP contribution in [-0.4, -0.2) is 22.6 Å². The minimum absolute atomic E-state index is 1.11. The third kappa shape index (κ3) is 2.29. The first-order chi connectivity index (χ1) is 10.4. The van der Waals surface area contributed by atoms with Gasteiger partial charge in [-0.25, -0.2) is 0 Å². The number of benzene rings is 1. The van der Waals surface area contributed by atoms with E-state index in [1.165, 1.54) is 48.9 Å². The van der Waals surface area contributed by atoms with Crippen molar-refractivity contribution in [1.29, 1.82) is 0 Å². The van der Waals surface area contributed by atoms with Gasteiger partial charge in [-0.2, -0.15) is 0 Å². The van der Waals surface area contributed by atoms with Gasteiger partial charge in [0.05, 0.1) is 17.4 Å². The van der Waals surface area contributed by atoms with E-state index in [-0.39, 0.29) is 0 Å². The van der Waals surface area contributed by atoms with Crippen LogP contribution in [0.25, 0.3) is 16.6 Å². The molecule has 4 rings (SSSR count). The number of hydrogen-bond acceptors (Lipinski definition) is 2. The summed E-state index contributed by atoms with van der Waals surface area (Å²) in [5, 5.41) is 1.29. The van der Waals surface area contributed by atoms with Crippen LogP contribution in [0.15, 0.2) is 55.0 Å². The molecule has 0 amide bonds.